The maximum atomic E-state index is 12.5. The molecule has 1 aliphatic heterocycles. The van der Waals surface area contributed by atoms with Gasteiger partial charge in [-0.25, -0.2) is 0 Å². The molecule has 5 heteroatoms. The average molecular weight is 357 g/mol. The fourth-order valence-electron chi connectivity index (χ4n) is 3.14. The van der Waals surface area contributed by atoms with Crippen molar-refractivity contribution in [3.05, 3.63) is 58.1 Å². The number of aryl methyl sites for hydroxylation is 3. The summed E-state index contributed by atoms with van der Waals surface area (Å²) in [4.78, 5) is 26.7. The second-order valence-electron chi connectivity index (χ2n) is 6.65. The van der Waals surface area contributed by atoms with Crippen LogP contribution in [0.4, 0.5) is 11.4 Å². The molecule has 1 saturated heterocycles. The number of nitrogens with one attached hydrogen (secondary N) is 1. The largest absolute Gasteiger partial charge is 0.326 e. The highest BCUT2D eigenvalue weighted by Gasteiger charge is 2.35. The molecular weight excluding hydrogens is 336 g/mol. The number of hydrogen-bond acceptors (Lipinski definition) is 2. The number of benzene rings is 2. The molecule has 0 unspecified atom stereocenters. The van der Waals surface area contributed by atoms with E-state index in [1.165, 1.54) is 0 Å². The number of anilines is 2. The van der Waals surface area contributed by atoms with Crippen LogP contribution >= 0.6 is 11.6 Å². The first kappa shape index (κ1) is 17.5. The zero-order valence-corrected chi connectivity index (χ0v) is 15.4. The Morgan fingerprint density at radius 2 is 1.88 bits per heavy atom. The van der Waals surface area contributed by atoms with Gasteiger partial charge in [-0.3, -0.25) is 9.59 Å². The van der Waals surface area contributed by atoms with E-state index in [0.29, 0.717) is 17.3 Å². The molecule has 1 fully saturated rings. The zero-order valence-electron chi connectivity index (χ0n) is 14.6. The van der Waals surface area contributed by atoms with Gasteiger partial charge in [-0.2, -0.15) is 0 Å². The van der Waals surface area contributed by atoms with Crippen LogP contribution in [0.3, 0.4) is 0 Å². The van der Waals surface area contributed by atoms with Crippen LogP contribution in [-0.4, -0.2) is 18.4 Å². The second kappa shape index (κ2) is 6.89. The molecule has 130 valence electrons. The number of rotatable bonds is 3. The highest BCUT2D eigenvalue weighted by Crippen LogP contribution is 2.29. The topological polar surface area (TPSA) is 49.4 Å². The third-order valence-corrected chi connectivity index (χ3v) is 4.99. The van der Waals surface area contributed by atoms with Gasteiger partial charge in [-0.1, -0.05) is 35.4 Å². The van der Waals surface area contributed by atoms with Crippen molar-refractivity contribution < 1.29 is 9.59 Å². The quantitative estimate of drug-likeness (QED) is 0.893. The highest BCUT2D eigenvalue weighted by molar-refractivity contribution is 6.31. The molecule has 3 rings (SSSR count). The Balaban J connectivity index is 1.73. The summed E-state index contributed by atoms with van der Waals surface area (Å²) in [7, 11) is 0. The molecule has 1 N–H and O–H groups in total. The molecule has 2 aromatic rings. The average Bonchev–Trinajstić information content (AvgIpc) is 2.93. The van der Waals surface area contributed by atoms with Crippen LogP contribution in [0.15, 0.2) is 36.4 Å². The number of carbonyl (C=O) groups excluding carboxylic acids is 2. The van der Waals surface area contributed by atoms with Gasteiger partial charge >= 0.3 is 0 Å². The zero-order chi connectivity index (χ0) is 18.1. The molecule has 1 heterocycles. The minimum Gasteiger partial charge on any atom is -0.326 e. The van der Waals surface area contributed by atoms with Crippen molar-refractivity contribution in [3.8, 4) is 0 Å². The minimum absolute atomic E-state index is 0.0194. The van der Waals surface area contributed by atoms with E-state index in [0.717, 1.165) is 22.4 Å². The molecule has 0 aromatic heterocycles. The Morgan fingerprint density at radius 3 is 2.56 bits per heavy atom. The van der Waals surface area contributed by atoms with Gasteiger partial charge in [0.25, 0.3) is 0 Å². The van der Waals surface area contributed by atoms with E-state index in [-0.39, 0.29) is 24.2 Å². The Morgan fingerprint density at radius 1 is 1.12 bits per heavy atom. The first-order valence-electron chi connectivity index (χ1n) is 8.30. The van der Waals surface area contributed by atoms with Crippen molar-refractivity contribution in [1.29, 1.82) is 0 Å². The maximum absolute atomic E-state index is 12.5. The van der Waals surface area contributed by atoms with Crippen LogP contribution in [0.25, 0.3) is 0 Å². The van der Waals surface area contributed by atoms with E-state index in [1.807, 2.05) is 51.1 Å². The summed E-state index contributed by atoms with van der Waals surface area (Å²) < 4.78 is 0. The molecule has 1 aliphatic rings. The summed E-state index contributed by atoms with van der Waals surface area (Å²) in [6, 6.07) is 11.4. The van der Waals surface area contributed by atoms with Gasteiger partial charge in [0.2, 0.25) is 11.8 Å². The van der Waals surface area contributed by atoms with Crippen LogP contribution in [0.5, 0.6) is 0 Å². The Bertz CT molecular complexity index is 848. The predicted octanol–water partition coefficient (Wildman–Crippen LogP) is 4.26. The number of nitrogens with zero attached hydrogens (tertiary/aromatic N) is 1. The van der Waals surface area contributed by atoms with E-state index >= 15 is 0 Å². The van der Waals surface area contributed by atoms with Gasteiger partial charge in [0, 0.05) is 29.4 Å². The summed E-state index contributed by atoms with van der Waals surface area (Å²) in [6.07, 6.45) is 0.221. The predicted molar refractivity (Wildman–Crippen MR) is 101 cm³/mol. The monoisotopic (exact) mass is 356 g/mol. The number of amides is 2. The van der Waals surface area contributed by atoms with Gasteiger partial charge in [0.05, 0.1) is 5.92 Å². The normalized spacial score (nSPS) is 17.0. The highest BCUT2D eigenvalue weighted by atomic mass is 35.5. The minimum atomic E-state index is -0.367. The summed E-state index contributed by atoms with van der Waals surface area (Å²) in [5.41, 5.74) is 4.68. The summed E-state index contributed by atoms with van der Waals surface area (Å²) in [6.45, 7) is 6.31. The van der Waals surface area contributed by atoms with Crippen LogP contribution in [0, 0.1) is 26.7 Å². The first-order valence-corrected chi connectivity index (χ1v) is 8.67. The van der Waals surface area contributed by atoms with Gasteiger partial charge < -0.3 is 10.2 Å². The van der Waals surface area contributed by atoms with Crippen molar-refractivity contribution >= 4 is 34.8 Å². The SMILES string of the molecule is Cc1ccc(N2C[C@H](C(=O)Nc3ccc(C)c(Cl)c3)CC2=O)c(C)c1. The lowest BCUT2D eigenvalue weighted by Gasteiger charge is -2.19. The van der Waals surface area contributed by atoms with Gasteiger partial charge in [0.15, 0.2) is 0 Å². The van der Waals surface area contributed by atoms with E-state index < -0.39 is 0 Å². The smallest absolute Gasteiger partial charge is 0.229 e. The Hall–Kier alpha value is -2.33. The molecule has 0 aliphatic carbocycles. The summed E-state index contributed by atoms with van der Waals surface area (Å²) >= 11 is 6.10. The lowest BCUT2D eigenvalue weighted by Crippen LogP contribution is -2.28. The van der Waals surface area contributed by atoms with Crippen molar-refractivity contribution in [2.45, 2.75) is 27.2 Å². The molecule has 0 radical (unpaired) electrons. The van der Waals surface area contributed by atoms with Crippen molar-refractivity contribution in [3.63, 3.8) is 0 Å². The molecule has 0 saturated carbocycles. The molecule has 2 aromatic carbocycles. The fourth-order valence-corrected chi connectivity index (χ4v) is 3.32. The number of hydrogen-bond donors (Lipinski definition) is 1. The molecule has 1 atom stereocenters. The molecule has 0 spiro atoms. The van der Waals surface area contributed by atoms with E-state index in [1.54, 1.807) is 11.0 Å². The van der Waals surface area contributed by atoms with Crippen LogP contribution in [-0.2, 0) is 9.59 Å². The molecule has 4 nitrogen and oxygen atoms in total. The summed E-state index contributed by atoms with van der Waals surface area (Å²) in [5.74, 6) is -0.539. The van der Waals surface area contributed by atoms with E-state index in [9.17, 15) is 9.59 Å². The van der Waals surface area contributed by atoms with Crippen LogP contribution < -0.4 is 10.2 Å². The number of halogens is 1. The first-order chi connectivity index (χ1) is 11.8. The van der Waals surface area contributed by atoms with Crippen LogP contribution in [0.1, 0.15) is 23.1 Å². The van der Waals surface area contributed by atoms with E-state index in [2.05, 4.69) is 5.32 Å². The third-order valence-electron chi connectivity index (χ3n) is 4.58. The number of carbonyl (C=O) groups is 2. The Labute approximate surface area is 152 Å². The molecular formula is C20H21ClN2O2. The van der Waals surface area contributed by atoms with Gasteiger partial charge in [0.1, 0.15) is 0 Å². The molecule has 0 bridgehead atoms. The summed E-state index contributed by atoms with van der Waals surface area (Å²) in [5, 5.41) is 3.47. The van der Waals surface area contributed by atoms with Crippen LogP contribution in [0.2, 0.25) is 5.02 Å². The lowest BCUT2D eigenvalue weighted by molar-refractivity contribution is -0.122. The Kier molecular flexibility index (Phi) is 4.82. The second-order valence-corrected chi connectivity index (χ2v) is 7.06. The van der Waals surface area contributed by atoms with Gasteiger partial charge in [-0.15, -0.1) is 0 Å². The lowest BCUT2D eigenvalue weighted by atomic mass is 10.1. The van der Waals surface area contributed by atoms with Crippen molar-refractivity contribution in [2.75, 3.05) is 16.8 Å². The van der Waals surface area contributed by atoms with Gasteiger partial charge in [-0.05, 0) is 50.1 Å². The standard InChI is InChI=1S/C20H21ClN2O2/c1-12-4-7-18(14(3)8-12)23-11-15(9-19(23)24)20(25)22-16-6-5-13(2)17(21)10-16/h4-8,10,15H,9,11H2,1-3H3,(H,22,25)/t15-/m1/s1. The van der Waals surface area contributed by atoms with Crippen molar-refractivity contribution in [2.24, 2.45) is 5.92 Å². The third kappa shape index (κ3) is 3.69. The van der Waals surface area contributed by atoms with Crippen molar-refractivity contribution in [1.82, 2.24) is 0 Å². The molecule has 2 amide bonds. The molecule has 25 heavy (non-hydrogen) atoms. The maximum Gasteiger partial charge on any atom is 0.229 e. The van der Waals surface area contributed by atoms with E-state index in [4.69, 9.17) is 11.6 Å². The fraction of sp³-hybridized carbons (Fsp3) is 0.300.